The molecule has 0 bridgehead atoms. The number of nitrogens with zero attached hydrogens (tertiary/aromatic N) is 2. The van der Waals surface area contributed by atoms with Crippen molar-refractivity contribution in [1.82, 2.24) is 9.97 Å². The van der Waals surface area contributed by atoms with E-state index in [1.54, 1.807) is 12.3 Å². The molecule has 2 heterocycles. The van der Waals surface area contributed by atoms with Crippen LogP contribution in [0.25, 0.3) is 0 Å². The minimum absolute atomic E-state index is 0.00126. The summed E-state index contributed by atoms with van der Waals surface area (Å²) in [5.41, 5.74) is 4.29. The topological polar surface area (TPSA) is 42.9 Å². The van der Waals surface area contributed by atoms with Crippen molar-refractivity contribution in [2.45, 2.75) is 18.3 Å². The molecular weight excluding hydrogens is 375 g/mol. The molecule has 1 aliphatic rings. The first kappa shape index (κ1) is 17.2. The van der Waals surface area contributed by atoms with Crippen molar-refractivity contribution in [2.75, 3.05) is 0 Å². The second-order valence-electron chi connectivity index (χ2n) is 7.64. The van der Waals surface area contributed by atoms with Gasteiger partial charge in [-0.05, 0) is 59.4 Å². The molecule has 0 fully saturated rings. The second-order valence-corrected chi connectivity index (χ2v) is 7.64. The first-order chi connectivity index (χ1) is 15.1. The van der Waals surface area contributed by atoms with E-state index in [4.69, 9.17) is 1.37 Å². The van der Waals surface area contributed by atoms with Crippen molar-refractivity contribution < 1.29 is 10.6 Å². The lowest BCUT2D eigenvalue weighted by molar-refractivity contribution is 0.102. The molecule has 0 saturated heterocycles. The van der Waals surface area contributed by atoms with Crippen molar-refractivity contribution in [3.05, 3.63) is 131 Å². The van der Waals surface area contributed by atoms with Gasteiger partial charge in [-0.2, -0.15) is 4.39 Å². The molecule has 0 saturated carbocycles. The summed E-state index contributed by atoms with van der Waals surface area (Å²) < 4.78 is 21.9. The molecule has 0 spiro atoms. The fourth-order valence-electron chi connectivity index (χ4n) is 4.63. The zero-order chi connectivity index (χ0) is 21.4. The molecule has 0 atom stereocenters. The van der Waals surface area contributed by atoms with Gasteiger partial charge in [0.2, 0.25) is 5.95 Å². The lowest BCUT2D eigenvalue weighted by Gasteiger charge is -2.41. The molecule has 0 radical (unpaired) electrons. The highest BCUT2D eigenvalue weighted by Crippen LogP contribution is 2.46. The smallest absolute Gasteiger partial charge is 0.213 e. The molecule has 3 nitrogen and oxygen atoms in total. The van der Waals surface area contributed by atoms with Crippen LogP contribution in [0.5, 0.6) is 0 Å². The molecule has 146 valence electrons. The highest BCUT2D eigenvalue weighted by atomic mass is 19.1. The average Bonchev–Trinajstić information content (AvgIpc) is 2.78. The number of carbonyl (C=O) groups excluding carboxylic acids is 1. The number of hydrogen-bond donors (Lipinski definition) is 0. The number of halogens is 1. The van der Waals surface area contributed by atoms with E-state index < -0.39 is 11.4 Å². The largest absolute Gasteiger partial charge is 0.289 e. The number of hydrogen-bond acceptors (Lipinski definition) is 3. The summed E-state index contributed by atoms with van der Waals surface area (Å²) in [5.74, 6) is -0.530. The van der Waals surface area contributed by atoms with E-state index in [0.717, 1.165) is 22.3 Å². The standard InChI is InChI=1S/C26H19FN2O/c27-24-15-19(11-14-29-24)17-26(16-18-9-12-28-13-10-18)22-7-3-1-5-20(22)25(30)21-6-2-4-8-23(21)26/h1-15H,16-17H2/i12D. The Bertz CT molecular complexity index is 1200. The van der Waals surface area contributed by atoms with Crippen molar-refractivity contribution >= 4 is 5.78 Å². The van der Waals surface area contributed by atoms with E-state index in [2.05, 4.69) is 9.97 Å². The van der Waals surface area contributed by atoms with Gasteiger partial charge in [0.05, 0.1) is 1.37 Å². The summed E-state index contributed by atoms with van der Waals surface area (Å²) in [6, 6.07) is 22.2. The molecule has 0 aliphatic heterocycles. The van der Waals surface area contributed by atoms with Gasteiger partial charge in [0.25, 0.3) is 0 Å². The van der Waals surface area contributed by atoms with Crippen LogP contribution in [-0.2, 0) is 18.3 Å². The lowest BCUT2D eigenvalue weighted by Crippen LogP contribution is -2.39. The van der Waals surface area contributed by atoms with Gasteiger partial charge in [0.15, 0.2) is 5.78 Å². The maximum atomic E-state index is 14.0. The molecule has 1 aliphatic carbocycles. The number of carbonyl (C=O) groups is 1. The Kier molecular flexibility index (Phi) is 4.19. The Morgan fingerprint density at radius 1 is 0.833 bits per heavy atom. The van der Waals surface area contributed by atoms with E-state index in [0.29, 0.717) is 24.0 Å². The number of aromatic nitrogens is 2. The third kappa shape index (κ3) is 3.01. The number of ketones is 1. The van der Waals surface area contributed by atoms with E-state index in [1.807, 2.05) is 60.7 Å². The van der Waals surface area contributed by atoms with Crippen molar-refractivity contribution in [1.29, 1.82) is 0 Å². The van der Waals surface area contributed by atoms with Crippen LogP contribution in [0.2, 0.25) is 0 Å². The maximum absolute atomic E-state index is 14.0. The quantitative estimate of drug-likeness (QED) is 0.460. The van der Waals surface area contributed by atoms with Crippen LogP contribution in [0.4, 0.5) is 4.39 Å². The fraction of sp³-hybridized carbons (Fsp3) is 0.115. The van der Waals surface area contributed by atoms with Crippen LogP contribution in [0.3, 0.4) is 0 Å². The zero-order valence-electron chi connectivity index (χ0n) is 17.2. The Labute approximate surface area is 175 Å². The van der Waals surface area contributed by atoms with Crippen LogP contribution < -0.4 is 0 Å². The maximum Gasteiger partial charge on any atom is 0.213 e. The molecule has 0 amide bonds. The van der Waals surface area contributed by atoms with E-state index in [-0.39, 0.29) is 12.0 Å². The highest BCUT2D eigenvalue weighted by Gasteiger charge is 2.43. The normalized spacial score (nSPS) is 14.6. The molecule has 5 rings (SSSR count). The lowest BCUT2D eigenvalue weighted by atomic mass is 9.61. The van der Waals surface area contributed by atoms with Crippen LogP contribution in [0.15, 0.2) is 91.4 Å². The zero-order valence-corrected chi connectivity index (χ0v) is 16.2. The number of pyridine rings is 2. The van der Waals surface area contributed by atoms with Gasteiger partial charge in [-0.3, -0.25) is 9.78 Å². The van der Waals surface area contributed by atoms with Crippen molar-refractivity contribution in [3.63, 3.8) is 0 Å². The van der Waals surface area contributed by atoms with Crippen LogP contribution in [0, 0.1) is 5.95 Å². The van der Waals surface area contributed by atoms with E-state index in [9.17, 15) is 9.18 Å². The van der Waals surface area contributed by atoms with E-state index in [1.165, 1.54) is 12.3 Å². The van der Waals surface area contributed by atoms with Gasteiger partial charge in [-0.15, -0.1) is 0 Å². The second kappa shape index (κ2) is 7.30. The molecule has 0 N–H and O–H groups in total. The van der Waals surface area contributed by atoms with Gasteiger partial charge in [0.1, 0.15) is 0 Å². The molecule has 4 heteroatoms. The number of fused-ring (bicyclic) bond motifs is 2. The molecule has 4 aromatic rings. The van der Waals surface area contributed by atoms with Crippen molar-refractivity contribution in [3.8, 4) is 0 Å². The minimum atomic E-state index is -0.608. The molecule has 30 heavy (non-hydrogen) atoms. The van der Waals surface area contributed by atoms with Gasteiger partial charge in [0, 0.05) is 35.1 Å². The Morgan fingerprint density at radius 3 is 2.13 bits per heavy atom. The van der Waals surface area contributed by atoms with Gasteiger partial charge in [-0.1, -0.05) is 48.5 Å². The molecule has 2 aromatic carbocycles. The highest BCUT2D eigenvalue weighted by molar-refractivity contribution is 6.13. The molecule has 0 unspecified atom stereocenters. The average molecular weight is 395 g/mol. The summed E-state index contributed by atoms with van der Waals surface area (Å²) >= 11 is 0. The molecule has 2 aromatic heterocycles. The van der Waals surface area contributed by atoms with Crippen LogP contribution in [0.1, 0.15) is 39.5 Å². The molecular formula is C26H19FN2O. The van der Waals surface area contributed by atoms with Gasteiger partial charge in [-0.25, -0.2) is 4.98 Å². The summed E-state index contributed by atoms with van der Waals surface area (Å²) in [6.07, 6.45) is 4.33. The third-order valence-corrected chi connectivity index (χ3v) is 5.86. The predicted molar refractivity (Wildman–Crippen MR) is 113 cm³/mol. The Hall–Kier alpha value is -3.66. The SMILES string of the molecule is [2H]c1cc(CC2(Cc3ccnc(F)c3)c3ccccc3C(=O)c3ccccc32)ccn1. The Morgan fingerprint density at radius 2 is 1.47 bits per heavy atom. The number of benzene rings is 2. The number of rotatable bonds is 4. The summed E-state index contributed by atoms with van der Waals surface area (Å²) in [4.78, 5) is 21.0. The van der Waals surface area contributed by atoms with Crippen LogP contribution >= 0.6 is 0 Å². The van der Waals surface area contributed by atoms with Gasteiger partial charge >= 0.3 is 0 Å². The first-order valence-electron chi connectivity index (χ1n) is 10.3. The summed E-state index contributed by atoms with van der Waals surface area (Å²) in [5, 5.41) is 0. The van der Waals surface area contributed by atoms with Crippen LogP contribution in [-0.4, -0.2) is 15.8 Å². The summed E-state index contributed by atoms with van der Waals surface area (Å²) in [7, 11) is 0. The van der Waals surface area contributed by atoms with E-state index >= 15 is 0 Å². The predicted octanol–water partition coefficient (Wildman–Crippen LogP) is 4.93. The Balaban J connectivity index is 1.79. The van der Waals surface area contributed by atoms with Crippen molar-refractivity contribution in [2.24, 2.45) is 0 Å². The monoisotopic (exact) mass is 395 g/mol. The summed E-state index contributed by atoms with van der Waals surface area (Å²) in [6.45, 7) is 0. The minimum Gasteiger partial charge on any atom is -0.289 e. The van der Waals surface area contributed by atoms with Gasteiger partial charge < -0.3 is 0 Å². The first-order valence-corrected chi connectivity index (χ1v) is 9.82. The fourth-order valence-corrected chi connectivity index (χ4v) is 4.63. The third-order valence-electron chi connectivity index (χ3n) is 5.86.